The Morgan fingerprint density at radius 2 is 1.63 bits per heavy atom. The van der Waals surface area contributed by atoms with E-state index in [2.05, 4.69) is 46.9 Å². The Labute approximate surface area is 253 Å². The lowest BCUT2D eigenvalue weighted by atomic mass is 9.78. The summed E-state index contributed by atoms with van der Waals surface area (Å²) in [5, 5.41) is 13.6. The molecule has 3 amide bonds. The van der Waals surface area contributed by atoms with Crippen LogP contribution in [0.25, 0.3) is 6.08 Å². The molecule has 0 aromatic heterocycles. The SMILES string of the molecule is CC(=O)NC[C@H]1CN(c2ccc(N3CCN(C(=O)/C=C/c4cc(C(C)(C)C)c(O)c(C(C)(C)C)c4)CC3)c(F)c2)C(=O)O1. The first-order valence-electron chi connectivity index (χ1n) is 14.7. The predicted octanol–water partition coefficient (Wildman–Crippen LogP) is 4.95. The van der Waals surface area contributed by atoms with Gasteiger partial charge in [0.2, 0.25) is 11.8 Å². The third kappa shape index (κ3) is 7.47. The van der Waals surface area contributed by atoms with Gasteiger partial charge in [-0.15, -0.1) is 0 Å². The number of carbonyl (C=O) groups excluding carboxylic acids is 3. The number of nitrogens with zero attached hydrogens (tertiary/aromatic N) is 3. The zero-order chi connectivity index (χ0) is 31.7. The van der Waals surface area contributed by atoms with Crippen LogP contribution < -0.4 is 15.1 Å². The number of halogens is 1. The van der Waals surface area contributed by atoms with Crippen molar-refractivity contribution in [1.29, 1.82) is 0 Å². The minimum Gasteiger partial charge on any atom is -0.507 e. The summed E-state index contributed by atoms with van der Waals surface area (Å²) in [6, 6.07) is 8.50. The number of piperazine rings is 1. The first-order chi connectivity index (χ1) is 20.0. The van der Waals surface area contributed by atoms with Crippen LogP contribution in [0.3, 0.4) is 0 Å². The van der Waals surface area contributed by atoms with Gasteiger partial charge in [-0.25, -0.2) is 9.18 Å². The number of hydrogen-bond donors (Lipinski definition) is 2. The van der Waals surface area contributed by atoms with Crippen molar-refractivity contribution in [1.82, 2.24) is 10.2 Å². The number of hydrogen-bond acceptors (Lipinski definition) is 6. The zero-order valence-electron chi connectivity index (χ0n) is 26.2. The first kappa shape index (κ1) is 31.8. The van der Waals surface area contributed by atoms with Gasteiger partial charge in [-0.3, -0.25) is 14.5 Å². The van der Waals surface area contributed by atoms with Crippen LogP contribution in [0.15, 0.2) is 36.4 Å². The van der Waals surface area contributed by atoms with Crippen LogP contribution in [0.5, 0.6) is 5.75 Å². The molecule has 0 bridgehead atoms. The van der Waals surface area contributed by atoms with Crippen LogP contribution in [-0.2, 0) is 25.2 Å². The summed E-state index contributed by atoms with van der Waals surface area (Å²) in [5.74, 6) is -0.512. The average molecular weight is 595 g/mol. The zero-order valence-corrected chi connectivity index (χ0v) is 26.2. The maximum Gasteiger partial charge on any atom is 0.414 e. The van der Waals surface area contributed by atoms with E-state index in [0.29, 0.717) is 43.3 Å². The standard InChI is InChI=1S/C33H43FN4O5/c1-21(39)35-19-24-20-38(31(42)43-24)23-9-10-28(27(34)18-23)36-12-14-37(15-13-36)29(40)11-8-22-16-25(32(2,3)4)30(41)26(17-22)33(5,6)7/h8-11,16-18,24,41H,12-15,19-20H2,1-7H3,(H,35,39)/b11-8+/t24-/m0/s1. The van der Waals surface area contributed by atoms with Gasteiger partial charge in [0.15, 0.2) is 0 Å². The van der Waals surface area contributed by atoms with Crippen molar-refractivity contribution < 1.29 is 28.6 Å². The molecule has 43 heavy (non-hydrogen) atoms. The highest BCUT2D eigenvalue weighted by Gasteiger charge is 2.33. The quantitative estimate of drug-likeness (QED) is 0.459. The topological polar surface area (TPSA) is 102 Å². The largest absolute Gasteiger partial charge is 0.507 e. The van der Waals surface area contributed by atoms with Crippen molar-refractivity contribution in [3.05, 3.63) is 58.9 Å². The molecule has 0 radical (unpaired) electrons. The van der Waals surface area contributed by atoms with Gasteiger partial charge in [0, 0.05) is 50.3 Å². The molecule has 9 nitrogen and oxygen atoms in total. The second kappa shape index (κ2) is 12.3. The van der Waals surface area contributed by atoms with Crippen LogP contribution in [0.1, 0.15) is 65.2 Å². The van der Waals surface area contributed by atoms with E-state index < -0.39 is 18.0 Å². The van der Waals surface area contributed by atoms with Crippen molar-refractivity contribution in [3.63, 3.8) is 0 Å². The molecule has 1 atom stereocenters. The fourth-order valence-corrected chi connectivity index (χ4v) is 5.35. The molecular weight excluding hydrogens is 551 g/mol. The maximum atomic E-state index is 15.2. The van der Waals surface area contributed by atoms with Gasteiger partial charge >= 0.3 is 6.09 Å². The minimum atomic E-state index is -0.584. The van der Waals surface area contributed by atoms with Gasteiger partial charge in [0.25, 0.3) is 0 Å². The van der Waals surface area contributed by atoms with E-state index in [1.54, 1.807) is 29.2 Å². The van der Waals surface area contributed by atoms with Crippen molar-refractivity contribution >= 4 is 35.4 Å². The number of benzene rings is 2. The predicted molar refractivity (Wildman–Crippen MR) is 166 cm³/mol. The molecule has 10 heteroatoms. The Hall–Kier alpha value is -4.08. The molecule has 2 fully saturated rings. The van der Waals surface area contributed by atoms with Gasteiger partial charge in [-0.2, -0.15) is 0 Å². The lowest BCUT2D eigenvalue weighted by Gasteiger charge is -2.36. The number of nitrogens with one attached hydrogen (secondary N) is 1. The molecule has 2 heterocycles. The summed E-state index contributed by atoms with van der Waals surface area (Å²) in [6.07, 6.45) is 2.26. The average Bonchev–Trinajstić information content (AvgIpc) is 3.30. The number of phenols is 1. The highest BCUT2D eigenvalue weighted by atomic mass is 19.1. The summed E-state index contributed by atoms with van der Waals surface area (Å²) >= 11 is 0. The van der Waals surface area contributed by atoms with Crippen molar-refractivity contribution in [2.45, 2.75) is 65.4 Å². The molecule has 2 saturated heterocycles. The number of aromatic hydroxyl groups is 1. The van der Waals surface area contributed by atoms with Crippen LogP contribution in [0, 0.1) is 5.82 Å². The monoisotopic (exact) mass is 594 g/mol. The van der Waals surface area contributed by atoms with Gasteiger partial charge in [-0.1, -0.05) is 41.5 Å². The van der Waals surface area contributed by atoms with E-state index in [4.69, 9.17) is 4.74 Å². The normalized spacial score (nSPS) is 17.9. The molecule has 2 aromatic rings. The summed E-state index contributed by atoms with van der Waals surface area (Å²) in [6.45, 7) is 15.9. The molecule has 0 unspecified atom stereocenters. The van der Waals surface area contributed by atoms with E-state index in [1.165, 1.54) is 17.9 Å². The van der Waals surface area contributed by atoms with Crippen LogP contribution in [0.2, 0.25) is 0 Å². The summed E-state index contributed by atoms with van der Waals surface area (Å²) < 4.78 is 20.5. The molecule has 0 spiro atoms. The number of cyclic esters (lactones) is 1. The van der Waals surface area contributed by atoms with Crippen LogP contribution >= 0.6 is 0 Å². The number of phenolic OH excluding ortho intramolecular Hbond substituents is 1. The van der Waals surface area contributed by atoms with Gasteiger partial charge in [0.05, 0.1) is 24.5 Å². The Bertz CT molecular complexity index is 1380. The van der Waals surface area contributed by atoms with Crippen molar-refractivity contribution in [2.24, 2.45) is 0 Å². The molecule has 0 saturated carbocycles. The Morgan fingerprint density at radius 3 is 2.16 bits per heavy atom. The minimum absolute atomic E-state index is 0.125. The van der Waals surface area contributed by atoms with E-state index in [0.717, 1.165) is 16.7 Å². The lowest BCUT2D eigenvalue weighted by molar-refractivity contribution is -0.126. The van der Waals surface area contributed by atoms with Gasteiger partial charge in [0.1, 0.15) is 17.7 Å². The maximum absolute atomic E-state index is 15.2. The lowest BCUT2D eigenvalue weighted by Crippen LogP contribution is -2.48. The van der Waals surface area contributed by atoms with Crippen LogP contribution in [0.4, 0.5) is 20.6 Å². The molecular formula is C33H43FN4O5. The molecule has 2 aliphatic rings. The third-order valence-corrected chi connectivity index (χ3v) is 7.79. The smallest absolute Gasteiger partial charge is 0.414 e. The molecule has 4 rings (SSSR count). The fourth-order valence-electron chi connectivity index (χ4n) is 5.35. The van der Waals surface area contributed by atoms with Gasteiger partial charge in [-0.05, 0) is 52.8 Å². The summed E-state index contributed by atoms with van der Waals surface area (Å²) in [4.78, 5) is 41.5. The van der Waals surface area contributed by atoms with E-state index in [1.807, 2.05) is 17.0 Å². The highest BCUT2D eigenvalue weighted by Crippen LogP contribution is 2.40. The molecule has 2 aliphatic heterocycles. The number of rotatable bonds is 6. The molecule has 2 aromatic carbocycles. The van der Waals surface area contributed by atoms with Crippen molar-refractivity contribution in [3.8, 4) is 5.75 Å². The van der Waals surface area contributed by atoms with E-state index in [9.17, 15) is 19.5 Å². The second-order valence-electron chi connectivity index (χ2n) is 13.3. The second-order valence-corrected chi connectivity index (χ2v) is 13.3. The van der Waals surface area contributed by atoms with Crippen molar-refractivity contribution in [2.75, 3.05) is 49.1 Å². The Balaban J connectivity index is 1.39. The Morgan fingerprint density at radius 1 is 1.02 bits per heavy atom. The fraction of sp³-hybridized carbons (Fsp3) is 0.485. The number of ether oxygens (including phenoxy) is 1. The third-order valence-electron chi connectivity index (χ3n) is 7.79. The summed E-state index contributed by atoms with van der Waals surface area (Å²) in [7, 11) is 0. The molecule has 232 valence electrons. The van der Waals surface area contributed by atoms with Gasteiger partial charge < -0.3 is 25.0 Å². The molecule has 2 N–H and O–H groups in total. The number of carbonyl (C=O) groups is 3. The Kier molecular flexibility index (Phi) is 9.08. The van der Waals surface area contributed by atoms with E-state index in [-0.39, 0.29) is 35.7 Å². The first-order valence-corrected chi connectivity index (χ1v) is 14.7. The highest BCUT2D eigenvalue weighted by molar-refractivity contribution is 5.92. The molecule has 0 aliphatic carbocycles. The number of amides is 3. The number of anilines is 2. The van der Waals surface area contributed by atoms with E-state index >= 15 is 4.39 Å². The van der Waals surface area contributed by atoms with Crippen LogP contribution in [-0.4, -0.2) is 73.3 Å². The summed E-state index contributed by atoms with van der Waals surface area (Å²) in [5.41, 5.74) is 2.77.